The highest BCUT2D eigenvalue weighted by Gasteiger charge is 2.50. The molecular formula is C28H20O8. The van der Waals surface area contributed by atoms with Gasteiger partial charge in [0.2, 0.25) is 0 Å². The molecule has 8 nitrogen and oxygen atoms in total. The Labute approximate surface area is 204 Å². The van der Waals surface area contributed by atoms with Crippen LogP contribution in [-0.4, -0.2) is 44.9 Å². The summed E-state index contributed by atoms with van der Waals surface area (Å²) in [5.74, 6) is -6.47. The van der Waals surface area contributed by atoms with Crippen molar-refractivity contribution in [1.29, 1.82) is 0 Å². The zero-order valence-corrected chi connectivity index (χ0v) is 18.8. The Morgan fingerprint density at radius 2 is 0.750 bits per heavy atom. The lowest BCUT2D eigenvalue weighted by Crippen LogP contribution is -2.48. The number of aliphatic hydroxyl groups excluding tert-OH is 2. The molecular weight excluding hydrogens is 464 g/mol. The number of hydrogen-bond acceptors (Lipinski definition) is 8. The van der Waals surface area contributed by atoms with Gasteiger partial charge in [-0.3, -0.25) is 28.8 Å². The first-order chi connectivity index (χ1) is 17.2. The molecule has 4 aliphatic rings. The molecule has 6 rings (SSSR count). The third-order valence-corrected chi connectivity index (χ3v) is 7.09. The number of rotatable bonds is 0. The number of benzene rings is 2. The van der Waals surface area contributed by atoms with Crippen molar-refractivity contribution in [2.24, 2.45) is 23.7 Å². The van der Waals surface area contributed by atoms with E-state index in [0.29, 0.717) is 11.1 Å². The van der Waals surface area contributed by atoms with Gasteiger partial charge in [0.05, 0.1) is 23.7 Å². The maximum atomic E-state index is 12.3. The molecule has 0 aliphatic heterocycles. The Balaban J connectivity index is 0.000000148. The van der Waals surface area contributed by atoms with Gasteiger partial charge in [0.25, 0.3) is 0 Å². The molecule has 180 valence electrons. The van der Waals surface area contributed by atoms with Crippen molar-refractivity contribution in [1.82, 2.24) is 0 Å². The van der Waals surface area contributed by atoms with Crippen LogP contribution in [0.15, 0.2) is 72.2 Å². The molecule has 4 atom stereocenters. The normalized spacial score (nSPS) is 26.4. The van der Waals surface area contributed by atoms with E-state index in [0.717, 1.165) is 0 Å². The molecule has 1 saturated carbocycles. The first-order valence-electron chi connectivity index (χ1n) is 11.4. The second kappa shape index (κ2) is 8.64. The Bertz CT molecular complexity index is 1260. The molecule has 36 heavy (non-hydrogen) atoms. The smallest absolute Gasteiger partial charge is 0.175 e. The lowest BCUT2D eigenvalue weighted by atomic mass is 9.66. The predicted molar refractivity (Wildman–Crippen MR) is 125 cm³/mol. The fourth-order valence-corrected chi connectivity index (χ4v) is 5.31. The maximum absolute atomic E-state index is 12.3. The van der Waals surface area contributed by atoms with E-state index in [-0.39, 0.29) is 70.2 Å². The van der Waals surface area contributed by atoms with Gasteiger partial charge < -0.3 is 10.2 Å². The standard InChI is InChI=1S/2C14H10O4/c2*15-9-5-6-10(16)12-11(9)13(17)7-3-1-2-4-8(7)14(12)18/h1-4,11-12H,5-6H2;1-6,11-12,15-16H. The van der Waals surface area contributed by atoms with Gasteiger partial charge in [0.1, 0.15) is 23.1 Å². The number of carbonyl (C=O) groups excluding carboxylic acids is 6. The van der Waals surface area contributed by atoms with Gasteiger partial charge in [-0.2, -0.15) is 0 Å². The number of allylic oxidation sites excluding steroid dienone is 4. The number of ketones is 6. The summed E-state index contributed by atoms with van der Waals surface area (Å²) in [7, 11) is 0. The van der Waals surface area contributed by atoms with Crippen LogP contribution >= 0.6 is 0 Å². The van der Waals surface area contributed by atoms with Gasteiger partial charge in [-0.05, 0) is 12.2 Å². The van der Waals surface area contributed by atoms with Crippen molar-refractivity contribution >= 4 is 34.7 Å². The monoisotopic (exact) mass is 484 g/mol. The molecule has 0 spiro atoms. The fraction of sp³-hybridized carbons (Fsp3) is 0.214. The van der Waals surface area contributed by atoms with Crippen molar-refractivity contribution in [2.75, 3.05) is 0 Å². The Morgan fingerprint density at radius 1 is 0.472 bits per heavy atom. The van der Waals surface area contributed by atoms with E-state index >= 15 is 0 Å². The van der Waals surface area contributed by atoms with Crippen LogP contribution in [-0.2, 0) is 9.59 Å². The summed E-state index contributed by atoms with van der Waals surface area (Å²) in [6.07, 6.45) is 2.66. The van der Waals surface area contributed by atoms with Crippen LogP contribution in [0.2, 0.25) is 0 Å². The van der Waals surface area contributed by atoms with Gasteiger partial charge >= 0.3 is 0 Å². The highest BCUT2D eigenvalue weighted by Crippen LogP contribution is 2.39. The predicted octanol–water partition coefficient (Wildman–Crippen LogP) is 3.43. The van der Waals surface area contributed by atoms with E-state index in [4.69, 9.17) is 0 Å². The van der Waals surface area contributed by atoms with Gasteiger partial charge in [0, 0.05) is 35.1 Å². The van der Waals surface area contributed by atoms with Crippen LogP contribution in [0.1, 0.15) is 54.3 Å². The maximum Gasteiger partial charge on any atom is 0.175 e. The number of Topliss-reactive ketones (excluding diaryl/α,β-unsaturated/α-hetero) is 6. The summed E-state index contributed by atoms with van der Waals surface area (Å²) in [6.45, 7) is 0. The molecule has 0 saturated heterocycles. The lowest BCUT2D eigenvalue weighted by molar-refractivity contribution is -0.134. The lowest BCUT2D eigenvalue weighted by Gasteiger charge is -2.31. The second-order valence-corrected chi connectivity index (χ2v) is 9.07. The molecule has 2 aromatic carbocycles. The van der Waals surface area contributed by atoms with Crippen LogP contribution in [0.5, 0.6) is 0 Å². The van der Waals surface area contributed by atoms with Gasteiger partial charge in [-0.1, -0.05) is 48.5 Å². The molecule has 4 unspecified atom stereocenters. The second-order valence-electron chi connectivity index (χ2n) is 9.07. The number of hydrogen-bond donors (Lipinski definition) is 2. The SMILES string of the molecule is O=C1CCC(=O)C2C(=O)c3ccccc3C(=O)C12.O=C1c2ccccc2C(=O)C2C(O)=CC=C(O)C12. The first-order valence-corrected chi connectivity index (χ1v) is 11.4. The van der Waals surface area contributed by atoms with Crippen molar-refractivity contribution in [3.63, 3.8) is 0 Å². The van der Waals surface area contributed by atoms with E-state index in [9.17, 15) is 39.0 Å². The fourth-order valence-electron chi connectivity index (χ4n) is 5.31. The average Bonchev–Trinajstić information content (AvgIpc) is 2.89. The molecule has 0 radical (unpaired) electrons. The Kier molecular flexibility index (Phi) is 5.59. The Morgan fingerprint density at radius 3 is 1.06 bits per heavy atom. The van der Waals surface area contributed by atoms with Crippen molar-refractivity contribution in [3.8, 4) is 0 Å². The van der Waals surface area contributed by atoms with Gasteiger partial charge in [-0.25, -0.2) is 0 Å². The highest BCUT2D eigenvalue weighted by atomic mass is 16.3. The minimum absolute atomic E-state index is 0.0706. The van der Waals surface area contributed by atoms with Gasteiger partial charge in [0.15, 0.2) is 23.1 Å². The van der Waals surface area contributed by atoms with E-state index in [2.05, 4.69) is 0 Å². The Hall–Kier alpha value is -4.46. The molecule has 0 aromatic heterocycles. The van der Waals surface area contributed by atoms with Crippen LogP contribution in [0.4, 0.5) is 0 Å². The largest absolute Gasteiger partial charge is 0.511 e. The molecule has 0 bridgehead atoms. The topological polar surface area (TPSA) is 143 Å². The van der Waals surface area contributed by atoms with Crippen LogP contribution in [0, 0.1) is 23.7 Å². The first kappa shape index (κ1) is 23.3. The van der Waals surface area contributed by atoms with Crippen molar-refractivity contribution < 1.29 is 39.0 Å². The van der Waals surface area contributed by atoms with Crippen LogP contribution in [0.25, 0.3) is 0 Å². The number of aliphatic hydroxyl groups is 2. The molecule has 0 amide bonds. The van der Waals surface area contributed by atoms with Gasteiger partial charge in [-0.15, -0.1) is 0 Å². The molecule has 4 aliphatic carbocycles. The number of carbonyl (C=O) groups is 6. The zero-order chi connectivity index (χ0) is 25.7. The van der Waals surface area contributed by atoms with Crippen LogP contribution < -0.4 is 0 Å². The van der Waals surface area contributed by atoms with Crippen LogP contribution in [0.3, 0.4) is 0 Å². The summed E-state index contributed by atoms with van der Waals surface area (Å²) in [5, 5.41) is 19.5. The molecule has 0 heterocycles. The van der Waals surface area contributed by atoms with E-state index in [1.54, 1.807) is 36.4 Å². The number of fused-ring (bicyclic) bond motifs is 4. The highest BCUT2D eigenvalue weighted by molar-refractivity contribution is 6.29. The summed E-state index contributed by atoms with van der Waals surface area (Å²) < 4.78 is 0. The van der Waals surface area contributed by atoms with E-state index in [1.807, 2.05) is 0 Å². The minimum atomic E-state index is -1.08. The summed E-state index contributed by atoms with van der Waals surface area (Å²) in [4.78, 5) is 72.6. The quantitative estimate of drug-likeness (QED) is 0.542. The third-order valence-electron chi connectivity index (χ3n) is 7.09. The molecule has 2 aromatic rings. The zero-order valence-electron chi connectivity index (χ0n) is 18.8. The van der Waals surface area contributed by atoms with E-state index < -0.39 is 23.7 Å². The summed E-state index contributed by atoms with van der Waals surface area (Å²) in [6, 6.07) is 12.9. The molecule has 2 N–H and O–H groups in total. The third kappa shape index (κ3) is 3.45. The van der Waals surface area contributed by atoms with Crippen molar-refractivity contribution in [2.45, 2.75) is 12.8 Å². The molecule has 1 fully saturated rings. The minimum Gasteiger partial charge on any atom is -0.511 e. The average molecular weight is 484 g/mol. The summed E-state index contributed by atoms with van der Waals surface area (Å²) >= 11 is 0. The summed E-state index contributed by atoms with van der Waals surface area (Å²) in [5.41, 5.74) is 1.15. The van der Waals surface area contributed by atoms with Crippen molar-refractivity contribution in [3.05, 3.63) is 94.5 Å². The molecule has 8 heteroatoms. The van der Waals surface area contributed by atoms with E-state index in [1.165, 1.54) is 24.3 Å².